The molecule has 240 valence electrons. The van der Waals surface area contributed by atoms with Crippen molar-refractivity contribution in [3.05, 3.63) is 60.1 Å². The molecule has 45 heavy (non-hydrogen) atoms. The van der Waals surface area contributed by atoms with E-state index in [0.717, 1.165) is 16.8 Å². The van der Waals surface area contributed by atoms with Gasteiger partial charge in [-0.1, -0.05) is 17.7 Å². The van der Waals surface area contributed by atoms with Gasteiger partial charge in [0.15, 0.2) is 0 Å². The minimum absolute atomic E-state index is 0.242. The number of alkyl halides is 4. The highest BCUT2D eigenvalue weighted by Gasteiger charge is 2.42. The Balaban J connectivity index is 1.22. The summed E-state index contributed by atoms with van der Waals surface area (Å²) in [4.78, 5) is 12.3. The zero-order valence-electron chi connectivity index (χ0n) is 24.6. The van der Waals surface area contributed by atoms with Crippen LogP contribution >= 0.6 is 11.6 Å². The number of aromatic nitrogens is 6. The first-order valence-corrected chi connectivity index (χ1v) is 14.6. The van der Waals surface area contributed by atoms with E-state index in [-0.39, 0.29) is 12.6 Å². The van der Waals surface area contributed by atoms with Gasteiger partial charge in [-0.3, -0.25) is 4.90 Å². The van der Waals surface area contributed by atoms with E-state index in [4.69, 9.17) is 21.1 Å². The highest BCUT2D eigenvalue weighted by molar-refractivity contribution is 6.32. The minimum Gasteiger partial charge on any atom is -0.494 e. The van der Waals surface area contributed by atoms with E-state index in [0.29, 0.717) is 60.8 Å². The van der Waals surface area contributed by atoms with Crippen LogP contribution in [0.5, 0.6) is 11.5 Å². The van der Waals surface area contributed by atoms with Gasteiger partial charge < -0.3 is 19.7 Å². The van der Waals surface area contributed by atoms with Crippen molar-refractivity contribution in [1.82, 2.24) is 35.1 Å². The Kier molecular flexibility index (Phi) is 10.2. The van der Waals surface area contributed by atoms with Crippen LogP contribution in [-0.4, -0.2) is 93.4 Å². The van der Waals surface area contributed by atoms with Crippen LogP contribution in [0.25, 0.3) is 11.1 Å². The molecule has 1 N–H and O–H groups in total. The largest absolute Gasteiger partial charge is 0.494 e. The van der Waals surface area contributed by atoms with Crippen molar-refractivity contribution >= 4 is 28.9 Å². The van der Waals surface area contributed by atoms with Crippen molar-refractivity contribution in [2.45, 2.75) is 38.3 Å². The number of rotatable bonds is 12. The van der Waals surface area contributed by atoms with Gasteiger partial charge in [0.05, 0.1) is 30.9 Å². The predicted molar refractivity (Wildman–Crippen MR) is 161 cm³/mol. The molecule has 0 radical (unpaired) electrons. The Morgan fingerprint density at radius 1 is 1.00 bits per heavy atom. The molecule has 0 unspecified atom stereocenters. The third-order valence-corrected chi connectivity index (χ3v) is 7.53. The van der Waals surface area contributed by atoms with E-state index in [1.54, 1.807) is 23.1 Å². The van der Waals surface area contributed by atoms with E-state index in [1.165, 1.54) is 18.3 Å². The number of ether oxygens (including phenoxy) is 2. The molecule has 2 aromatic heterocycles. The summed E-state index contributed by atoms with van der Waals surface area (Å²) in [5.41, 5.74) is 3.01. The predicted octanol–water partition coefficient (Wildman–Crippen LogP) is 5.42. The van der Waals surface area contributed by atoms with Gasteiger partial charge in [-0.25, -0.2) is 23.4 Å². The SMILES string of the molecule is COc1cc(N2CCCN(CC(F)(F)C(F)F)CC2)ccc1Nc1ncc(-c2ccc(Cl)c(O[C@@H](C)Cn3cnnn3)c2)cn1. The highest BCUT2D eigenvalue weighted by Crippen LogP contribution is 2.34. The lowest BCUT2D eigenvalue weighted by atomic mass is 10.1. The molecule has 1 fully saturated rings. The highest BCUT2D eigenvalue weighted by atomic mass is 35.5. The van der Waals surface area contributed by atoms with Gasteiger partial charge in [-0.15, -0.1) is 5.10 Å². The van der Waals surface area contributed by atoms with Gasteiger partial charge in [-0.05, 0) is 53.6 Å². The van der Waals surface area contributed by atoms with Gasteiger partial charge in [-0.2, -0.15) is 8.78 Å². The van der Waals surface area contributed by atoms with Crippen LogP contribution in [0.15, 0.2) is 55.1 Å². The molecule has 0 aliphatic carbocycles. The number of hydrogen-bond donors (Lipinski definition) is 1. The standard InChI is InChI=1S/C29H32ClF4N9O2/c1-19(16-43-18-37-39-40-43)45-25-12-20(4-6-23(25)30)21-14-35-28(36-15-21)38-24-7-5-22(13-26(24)44-2)42-9-3-8-41(10-11-42)17-29(33,34)27(31)32/h4-7,12-15,18-19,27H,3,8-11,16-17H2,1-2H3,(H,35,36,38)/t19-/m0/s1. The monoisotopic (exact) mass is 649 g/mol. The van der Waals surface area contributed by atoms with Crippen molar-refractivity contribution < 1.29 is 27.0 Å². The number of nitrogens with one attached hydrogen (secondary N) is 1. The van der Waals surface area contributed by atoms with Crippen LogP contribution in [0, 0.1) is 0 Å². The number of nitrogens with zero attached hydrogens (tertiary/aromatic N) is 8. The summed E-state index contributed by atoms with van der Waals surface area (Å²) in [5, 5.41) is 14.7. The van der Waals surface area contributed by atoms with E-state index >= 15 is 0 Å². The van der Waals surface area contributed by atoms with Crippen LogP contribution < -0.4 is 19.7 Å². The number of halogens is 5. The van der Waals surface area contributed by atoms with E-state index in [1.807, 2.05) is 42.2 Å². The molecule has 0 saturated carbocycles. The third-order valence-electron chi connectivity index (χ3n) is 7.22. The number of benzene rings is 2. The summed E-state index contributed by atoms with van der Waals surface area (Å²) in [7, 11) is 1.54. The van der Waals surface area contributed by atoms with Crippen molar-refractivity contribution in [1.29, 1.82) is 0 Å². The molecule has 1 aliphatic rings. The summed E-state index contributed by atoms with van der Waals surface area (Å²) in [6.07, 6.45) is 1.49. The molecule has 1 aliphatic heterocycles. The van der Waals surface area contributed by atoms with E-state index in [9.17, 15) is 17.6 Å². The van der Waals surface area contributed by atoms with Gasteiger partial charge in [0, 0.05) is 55.9 Å². The number of tetrazole rings is 1. The van der Waals surface area contributed by atoms with Gasteiger partial charge in [0.1, 0.15) is 23.9 Å². The van der Waals surface area contributed by atoms with Gasteiger partial charge in [0.25, 0.3) is 0 Å². The summed E-state index contributed by atoms with van der Waals surface area (Å²) in [6.45, 7) is 2.93. The first kappa shape index (κ1) is 32.2. The smallest absolute Gasteiger partial charge is 0.319 e. The third kappa shape index (κ3) is 8.28. The Labute approximate surface area is 262 Å². The number of hydrogen-bond acceptors (Lipinski definition) is 10. The first-order valence-electron chi connectivity index (χ1n) is 14.2. The molecule has 1 atom stereocenters. The Morgan fingerprint density at radius 3 is 2.51 bits per heavy atom. The fourth-order valence-electron chi connectivity index (χ4n) is 4.95. The zero-order chi connectivity index (χ0) is 32.0. The molecule has 5 rings (SSSR count). The minimum atomic E-state index is -4.03. The van der Waals surface area contributed by atoms with Crippen molar-refractivity contribution in [2.24, 2.45) is 0 Å². The van der Waals surface area contributed by atoms with E-state index in [2.05, 4.69) is 30.8 Å². The molecule has 0 spiro atoms. The lowest BCUT2D eigenvalue weighted by Crippen LogP contribution is -2.43. The topological polar surface area (TPSA) is 106 Å². The second-order valence-corrected chi connectivity index (χ2v) is 11.0. The maximum absolute atomic E-state index is 13.6. The van der Waals surface area contributed by atoms with Crippen LogP contribution in [0.3, 0.4) is 0 Å². The van der Waals surface area contributed by atoms with Crippen molar-refractivity contribution in [3.63, 3.8) is 0 Å². The Bertz CT molecular complexity index is 1550. The summed E-state index contributed by atoms with van der Waals surface area (Å²) in [6, 6.07) is 10.9. The maximum Gasteiger partial charge on any atom is 0.319 e. The van der Waals surface area contributed by atoms with E-state index < -0.39 is 18.9 Å². The lowest BCUT2D eigenvalue weighted by molar-refractivity contribution is -0.141. The second-order valence-electron chi connectivity index (χ2n) is 10.6. The normalized spacial score (nSPS) is 15.2. The second kappa shape index (κ2) is 14.2. The molecule has 3 heterocycles. The van der Waals surface area contributed by atoms with Gasteiger partial charge in [0.2, 0.25) is 5.95 Å². The van der Waals surface area contributed by atoms with Crippen LogP contribution in [-0.2, 0) is 6.54 Å². The van der Waals surface area contributed by atoms with Crippen LogP contribution in [0.2, 0.25) is 5.02 Å². The molecule has 0 bridgehead atoms. The Hall–Kier alpha value is -4.24. The summed E-state index contributed by atoms with van der Waals surface area (Å²) in [5.74, 6) is -2.66. The van der Waals surface area contributed by atoms with Crippen molar-refractivity contribution in [3.8, 4) is 22.6 Å². The summed E-state index contributed by atoms with van der Waals surface area (Å²) >= 11 is 6.38. The van der Waals surface area contributed by atoms with Gasteiger partial charge >= 0.3 is 12.3 Å². The molecule has 0 amide bonds. The average Bonchev–Trinajstić information content (AvgIpc) is 3.42. The molecule has 16 heteroatoms. The fourth-order valence-corrected chi connectivity index (χ4v) is 5.11. The Morgan fingerprint density at radius 2 is 1.80 bits per heavy atom. The lowest BCUT2D eigenvalue weighted by Gasteiger charge is -2.26. The average molecular weight is 650 g/mol. The molecular weight excluding hydrogens is 618 g/mol. The molecule has 4 aromatic rings. The first-order chi connectivity index (χ1) is 21.6. The fraction of sp³-hybridized carbons (Fsp3) is 0.414. The molecular formula is C29H32ClF4N9O2. The number of anilines is 3. The molecule has 11 nitrogen and oxygen atoms in total. The number of methoxy groups -OCH3 is 1. The molecule has 1 saturated heterocycles. The zero-order valence-corrected chi connectivity index (χ0v) is 25.3. The quantitative estimate of drug-likeness (QED) is 0.200. The summed E-state index contributed by atoms with van der Waals surface area (Å²) < 4.78 is 65.7. The maximum atomic E-state index is 13.6. The molecule has 2 aromatic carbocycles. The van der Waals surface area contributed by atoms with Crippen LogP contribution in [0.4, 0.5) is 34.9 Å². The van der Waals surface area contributed by atoms with Crippen molar-refractivity contribution in [2.75, 3.05) is 50.1 Å². The van der Waals surface area contributed by atoms with Crippen LogP contribution in [0.1, 0.15) is 13.3 Å².